The number of amides is 2. The van der Waals surface area contributed by atoms with Crippen molar-refractivity contribution in [3.8, 4) is 11.1 Å². The van der Waals surface area contributed by atoms with Gasteiger partial charge in [-0.05, 0) is 29.2 Å². The van der Waals surface area contributed by atoms with Crippen LogP contribution in [-0.2, 0) is 22.4 Å². The molecule has 1 fully saturated rings. The number of nitrogens with two attached hydrogens (primary N) is 1. The van der Waals surface area contributed by atoms with Gasteiger partial charge >= 0.3 is 17.2 Å². The number of rotatable bonds is 5. The largest absolute Gasteiger partial charge is 0.611 e. The van der Waals surface area contributed by atoms with Crippen LogP contribution in [0.25, 0.3) is 11.1 Å². The van der Waals surface area contributed by atoms with Crippen LogP contribution in [0.3, 0.4) is 0 Å². The lowest BCUT2D eigenvalue weighted by Crippen LogP contribution is -2.59. The average Bonchev–Trinajstić information content (AvgIpc) is 2.98. The van der Waals surface area contributed by atoms with Crippen molar-refractivity contribution in [1.82, 2.24) is 0 Å². The molecular weight excluding hydrogens is 364 g/mol. The molecule has 0 aliphatic carbocycles. The van der Waals surface area contributed by atoms with Crippen molar-refractivity contribution in [2.75, 3.05) is 12.3 Å². The van der Waals surface area contributed by atoms with E-state index >= 15 is 0 Å². The number of hydrogen-bond donors (Lipinski definition) is 2. The molecule has 2 amide bonds. The molecule has 2 unspecified atom stereocenters. The van der Waals surface area contributed by atoms with E-state index in [4.69, 9.17) is 5.73 Å². The number of benzene rings is 2. The van der Waals surface area contributed by atoms with Gasteiger partial charge in [-0.2, -0.15) is 0 Å². The number of carbonyl (C=O) groups is 2. The van der Waals surface area contributed by atoms with E-state index in [0.29, 0.717) is 5.56 Å². The fraction of sp³-hybridized carbons (Fsp3) is 0.300. The number of hydroxylamine groups is 3. The first-order valence-electron chi connectivity index (χ1n) is 8.88. The zero-order valence-electron chi connectivity index (χ0n) is 15.1. The highest BCUT2D eigenvalue weighted by Gasteiger charge is 2.61. The third-order valence-electron chi connectivity index (χ3n) is 4.83. The van der Waals surface area contributed by atoms with Gasteiger partial charge in [0, 0.05) is 11.2 Å². The standard InChI is InChI=1S/C20H22N2O4S/c1-2-5-14-8-10-15(11-9-14)16-6-3-4-7-17(16)19(24)22(25)12-13-27(26)20(22)18(21)23/h3-4,6-11,20,25H,2,5,12-13H2,1H3,(H-,21,23)/p+1/t20?,22-,27?/m0/s1. The summed E-state index contributed by atoms with van der Waals surface area (Å²) in [6, 6.07) is 14.8. The van der Waals surface area contributed by atoms with E-state index < -0.39 is 33.0 Å². The highest BCUT2D eigenvalue weighted by Crippen LogP contribution is 2.32. The van der Waals surface area contributed by atoms with Crippen LogP contribution in [0.1, 0.15) is 29.3 Å². The molecule has 0 radical (unpaired) electrons. The van der Waals surface area contributed by atoms with Crippen LogP contribution in [0.2, 0.25) is 0 Å². The molecule has 1 saturated heterocycles. The van der Waals surface area contributed by atoms with Gasteiger partial charge in [0.25, 0.3) is 0 Å². The summed E-state index contributed by atoms with van der Waals surface area (Å²) < 4.78 is 10.9. The predicted molar refractivity (Wildman–Crippen MR) is 103 cm³/mol. The molecule has 1 heterocycles. The molecule has 3 rings (SSSR count). The molecule has 3 N–H and O–H groups in total. The number of primary amides is 1. The molecule has 0 bridgehead atoms. The molecule has 1 aliphatic heterocycles. The van der Waals surface area contributed by atoms with E-state index in [1.165, 1.54) is 5.56 Å². The lowest BCUT2D eigenvalue weighted by atomic mass is 9.97. The Morgan fingerprint density at radius 1 is 1.22 bits per heavy atom. The summed E-state index contributed by atoms with van der Waals surface area (Å²) in [6.45, 7) is 2.00. The van der Waals surface area contributed by atoms with E-state index in [9.17, 15) is 19.3 Å². The second kappa shape index (κ2) is 7.82. The van der Waals surface area contributed by atoms with Crippen LogP contribution >= 0.6 is 0 Å². The Hall–Kier alpha value is -2.19. The Morgan fingerprint density at radius 2 is 1.89 bits per heavy atom. The Morgan fingerprint density at radius 3 is 2.52 bits per heavy atom. The predicted octanol–water partition coefficient (Wildman–Crippen LogP) is 2.23. The van der Waals surface area contributed by atoms with E-state index in [1.807, 2.05) is 30.3 Å². The number of aryl methyl sites for hydroxylation is 1. The molecule has 2 aromatic rings. The Balaban J connectivity index is 2.00. The van der Waals surface area contributed by atoms with E-state index in [-0.39, 0.29) is 17.9 Å². The first-order chi connectivity index (χ1) is 12.9. The van der Waals surface area contributed by atoms with Crippen LogP contribution in [0, 0.1) is 0 Å². The Kier molecular flexibility index (Phi) is 5.67. The topological polar surface area (TPSA) is 103 Å². The first kappa shape index (κ1) is 19.6. The Bertz CT molecular complexity index is 855. The Labute approximate surface area is 161 Å². The molecule has 1 aliphatic rings. The molecule has 3 atom stereocenters. The minimum atomic E-state index is -1.68. The van der Waals surface area contributed by atoms with Crippen molar-refractivity contribution < 1.29 is 24.0 Å². The van der Waals surface area contributed by atoms with Crippen LogP contribution in [0.5, 0.6) is 0 Å². The second-order valence-electron chi connectivity index (χ2n) is 6.69. The summed E-state index contributed by atoms with van der Waals surface area (Å²) in [5.74, 6) is -1.56. The zero-order chi connectivity index (χ0) is 19.6. The first-order valence-corrected chi connectivity index (χ1v) is 10.3. The van der Waals surface area contributed by atoms with Gasteiger partial charge < -0.3 is 10.3 Å². The van der Waals surface area contributed by atoms with Gasteiger partial charge in [0.1, 0.15) is 0 Å². The lowest BCUT2D eigenvalue weighted by molar-refractivity contribution is -1.03. The number of carbonyl (C=O) groups excluding carboxylic acids is 2. The molecule has 2 aromatic carbocycles. The molecule has 0 aromatic heterocycles. The third-order valence-corrected chi connectivity index (χ3v) is 6.49. The molecule has 27 heavy (non-hydrogen) atoms. The number of quaternary nitrogens is 1. The van der Waals surface area contributed by atoms with Crippen molar-refractivity contribution in [1.29, 1.82) is 0 Å². The monoisotopic (exact) mass is 387 g/mol. The molecule has 0 spiro atoms. The normalized spacial score (nSPS) is 24.7. The van der Waals surface area contributed by atoms with Gasteiger partial charge in [0.15, 0.2) is 12.3 Å². The van der Waals surface area contributed by atoms with Crippen LogP contribution in [0.15, 0.2) is 48.5 Å². The van der Waals surface area contributed by atoms with Crippen molar-refractivity contribution >= 4 is 23.0 Å². The fourth-order valence-electron chi connectivity index (χ4n) is 3.47. The van der Waals surface area contributed by atoms with Gasteiger partial charge in [-0.25, -0.2) is 10.0 Å². The van der Waals surface area contributed by atoms with Gasteiger partial charge in [0.2, 0.25) is 0 Å². The average molecular weight is 387 g/mol. The minimum Gasteiger partial charge on any atom is -0.611 e. The summed E-state index contributed by atoms with van der Waals surface area (Å²) in [6.07, 6.45) is 2.02. The number of hydrogen-bond acceptors (Lipinski definition) is 4. The van der Waals surface area contributed by atoms with Crippen molar-refractivity contribution in [2.24, 2.45) is 5.73 Å². The van der Waals surface area contributed by atoms with E-state index in [1.54, 1.807) is 18.2 Å². The van der Waals surface area contributed by atoms with E-state index in [2.05, 4.69) is 6.92 Å². The summed E-state index contributed by atoms with van der Waals surface area (Å²) >= 11 is -1.68. The molecule has 0 saturated carbocycles. The van der Waals surface area contributed by atoms with Crippen molar-refractivity contribution in [2.45, 2.75) is 25.1 Å². The maximum atomic E-state index is 13.2. The quantitative estimate of drug-likeness (QED) is 0.466. The smallest absolute Gasteiger partial charge is 0.383 e. The fourth-order valence-corrected chi connectivity index (χ4v) is 5.00. The number of nitrogens with zero attached hydrogens (tertiary/aromatic N) is 1. The van der Waals surface area contributed by atoms with Gasteiger partial charge in [-0.15, -0.1) is 0 Å². The molecule has 6 nitrogen and oxygen atoms in total. The van der Waals surface area contributed by atoms with Gasteiger partial charge in [-0.3, -0.25) is 4.79 Å². The minimum absolute atomic E-state index is 0.0454. The second-order valence-corrected chi connectivity index (χ2v) is 8.30. The molecule has 7 heteroatoms. The van der Waals surface area contributed by atoms with Crippen LogP contribution in [0.4, 0.5) is 0 Å². The maximum Gasteiger partial charge on any atom is 0.383 e. The summed E-state index contributed by atoms with van der Waals surface area (Å²) in [5.41, 5.74) is 8.28. The SMILES string of the molecule is CCCc1ccc(-c2ccccc2C(=O)[N@@+]2(O)CC[S+]([O-])C2C(N)=O)cc1. The summed E-state index contributed by atoms with van der Waals surface area (Å²) in [4.78, 5) is 24.9. The van der Waals surface area contributed by atoms with Gasteiger partial charge in [0.05, 0.1) is 5.56 Å². The zero-order valence-corrected chi connectivity index (χ0v) is 15.9. The van der Waals surface area contributed by atoms with E-state index in [0.717, 1.165) is 18.4 Å². The summed E-state index contributed by atoms with van der Waals surface area (Å²) in [5, 5.41) is 9.45. The van der Waals surface area contributed by atoms with Crippen molar-refractivity contribution in [3.05, 3.63) is 59.7 Å². The summed E-state index contributed by atoms with van der Waals surface area (Å²) in [7, 11) is 0. The molecular formula is C20H23N2O4S+. The lowest BCUT2D eigenvalue weighted by Gasteiger charge is -2.25. The van der Waals surface area contributed by atoms with Crippen LogP contribution < -0.4 is 5.73 Å². The van der Waals surface area contributed by atoms with Crippen molar-refractivity contribution in [3.63, 3.8) is 0 Å². The molecule has 142 valence electrons. The van der Waals surface area contributed by atoms with Crippen LogP contribution in [-0.4, -0.2) is 43.9 Å². The highest BCUT2D eigenvalue weighted by atomic mass is 32.2. The maximum absolute atomic E-state index is 13.2. The highest BCUT2D eigenvalue weighted by molar-refractivity contribution is 7.92. The van der Waals surface area contributed by atoms with Gasteiger partial charge in [-0.1, -0.05) is 60.5 Å². The third kappa shape index (κ3) is 3.64.